The minimum absolute atomic E-state index is 0.153. The minimum Gasteiger partial charge on any atom is -0.490 e. The van der Waals surface area contributed by atoms with E-state index in [1.165, 1.54) is 0 Å². The van der Waals surface area contributed by atoms with Gasteiger partial charge in [0.05, 0.1) is 0 Å². The molecule has 2 aromatic rings. The molecule has 1 saturated carbocycles. The number of amides is 1. The Morgan fingerprint density at radius 2 is 2.00 bits per heavy atom. The molecule has 9 heteroatoms. The summed E-state index contributed by atoms with van der Waals surface area (Å²) in [6.45, 7) is 8.48. The molecule has 3 N–H and O–H groups in total. The molecule has 1 aliphatic carbocycles. The Morgan fingerprint density at radius 3 is 2.66 bits per heavy atom. The van der Waals surface area contributed by atoms with Gasteiger partial charge < -0.3 is 20.7 Å². The van der Waals surface area contributed by atoms with Gasteiger partial charge in [-0.15, -0.1) is 0 Å². The van der Waals surface area contributed by atoms with Crippen molar-refractivity contribution < 1.29 is 9.53 Å². The van der Waals surface area contributed by atoms with Crippen LogP contribution in [0.25, 0.3) is 5.57 Å². The summed E-state index contributed by atoms with van der Waals surface area (Å²) in [6.07, 6.45) is 13.7. The molecule has 1 aliphatic heterocycles. The average molecular weight is 518 g/mol. The lowest BCUT2D eigenvalue weighted by molar-refractivity contribution is -0.129. The maximum absolute atomic E-state index is 13.1. The number of rotatable bonds is 13. The first-order valence-corrected chi connectivity index (χ1v) is 13.4. The molecule has 0 spiro atoms. The van der Waals surface area contributed by atoms with E-state index in [1.807, 2.05) is 50.4 Å². The Kier molecular flexibility index (Phi) is 9.48. The number of allylic oxidation sites excluding steroid dienone is 3. The third kappa shape index (κ3) is 6.98. The predicted octanol–water partition coefficient (Wildman–Crippen LogP) is 4.13. The minimum atomic E-state index is -0.330. The van der Waals surface area contributed by atoms with Crippen molar-refractivity contribution >= 4 is 29.8 Å². The van der Waals surface area contributed by atoms with Crippen LogP contribution in [0.2, 0.25) is 0 Å². The van der Waals surface area contributed by atoms with Crippen LogP contribution in [-0.4, -0.2) is 72.4 Å². The van der Waals surface area contributed by atoms with Crippen LogP contribution in [0.3, 0.4) is 0 Å². The monoisotopic (exact) mass is 517 g/mol. The summed E-state index contributed by atoms with van der Waals surface area (Å²) >= 11 is 0. The topological polar surface area (TPSA) is 104 Å². The first-order valence-electron chi connectivity index (χ1n) is 13.4. The zero-order valence-corrected chi connectivity index (χ0v) is 22.4. The molecule has 0 atom stereocenters. The van der Waals surface area contributed by atoms with Crippen molar-refractivity contribution in [3.05, 3.63) is 60.6 Å². The molecule has 2 aliphatic rings. The van der Waals surface area contributed by atoms with Crippen molar-refractivity contribution in [2.45, 2.75) is 50.7 Å². The number of carbonyl (C=O) groups excluding carboxylic acids is 1. The van der Waals surface area contributed by atoms with Crippen LogP contribution in [-0.2, 0) is 4.79 Å². The van der Waals surface area contributed by atoms with E-state index < -0.39 is 0 Å². The van der Waals surface area contributed by atoms with Gasteiger partial charge >= 0.3 is 0 Å². The highest BCUT2D eigenvalue weighted by molar-refractivity contribution is 5.89. The van der Waals surface area contributed by atoms with Crippen LogP contribution >= 0.6 is 0 Å². The Balaban J connectivity index is 1.15. The molecule has 2 heterocycles. The van der Waals surface area contributed by atoms with Gasteiger partial charge in [0, 0.05) is 69.1 Å². The molecule has 2 fully saturated rings. The van der Waals surface area contributed by atoms with Crippen molar-refractivity contribution in [3.63, 3.8) is 0 Å². The smallest absolute Gasteiger partial charge is 0.240 e. The van der Waals surface area contributed by atoms with E-state index in [9.17, 15) is 4.79 Å². The molecule has 1 saturated heterocycles. The number of benzene rings is 1. The number of nitrogens with one attached hydrogen (secondary N) is 3. The van der Waals surface area contributed by atoms with Crippen LogP contribution < -0.4 is 20.7 Å². The Labute approximate surface area is 225 Å². The van der Waals surface area contributed by atoms with E-state index in [1.54, 1.807) is 18.6 Å². The molecule has 9 nitrogen and oxygen atoms in total. The summed E-state index contributed by atoms with van der Waals surface area (Å²) in [7, 11) is 1.91. The molecule has 4 rings (SSSR count). The van der Waals surface area contributed by atoms with Crippen LogP contribution in [0.15, 0.2) is 60.0 Å². The molecular formula is C29H39N7O2. The van der Waals surface area contributed by atoms with E-state index >= 15 is 0 Å². The van der Waals surface area contributed by atoms with Crippen LogP contribution in [0.4, 0.5) is 11.6 Å². The van der Waals surface area contributed by atoms with Gasteiger partial charge in [0.2, 0.25) is 11.9 Å². The van der Waals surface area contributed by atoms with Crippen LogP contribution in [0.5, 0.6) is 5.75 Å². The average Bonchev–Trinajstić information content (AvgIpc) is 3.77. The second-order valence-electron chi connectivity index (χ2n) is 9.69. The summed E-state index contributed by atoms with van der Waals surface area (Å²) in [5.41, 5.74) is 2.61. The molecule has 1 amide bonds. The molecule has 0 radical (unpaired) electrons. The number of ether oxygens (including phenoxy) is 1. The fourth-order valence-corrected chi connectivity index (χ4v) is 4.84. The molecule has 0 unspecified atom stereocenters. The summed E-state index contributed by atoms with van der Waals surface area (Å²) in [4.78, 5) is 27.9. The number of nitrogens with zero attached hydrogens (tertiary/aromatic N) is 4. The normalized spacial score (nSPS) is 17.7. The van der Waals surface area contributed by atoms with Crippen molar-refractivity contribution in [2.75, 3.05) is 43.9 Å². The maximum atomic E-state index is 13.1. The lowest BCUT2D eigenvalue weighted by atomic mass is 10.0. The van der Waals surface area contributed by atoms with Gasteiger partial charge in [0.15, 0.2) is 0 Å². The molecular weight excluding hydrogens is 478 g/mol. The first kappa shape index (κ1) is 27.3. The van der Waals surface area contributed by atoms with E-state index in [-0.39, 0.29) is 17.6 Å². The van der Waals surface area contributed by atoms with E-state index in [4.69, 9.17) is 4.74 Å². The lowest BCUT2D eigenvalue weighted by Gasteiger charge is -2.37. The fourth-order valence-electron chi connectivity index (χ4n) is 4.84. The number of likely N-dealkylation sites (tertiary alicyclic amines) is 1. The summed E-state index contributed by atoms with van der Waals surface area (Å²) in [5, 5.41) is 9.53. The highest BCUT2D eigenvalue weighted by atomic mass is 16.5. The highest BCUT2D eigenvalue weighted by Crippen LogP contribution is 2.43. The summed E-state index contributed by atoms with van der Waals surface area (Å²) < 4.78 is 6.21. The van der Waals surface area contributed by atoms with E-state index in [0.717, 1.165) is 67.8 Å². The molecule has 1 aromatic heterocycles. The zero-order chi connectivity index (χ0) is 26.8. The van der Waals surface area contributed by atoms with Crippen molar-refractivity contribution in [3.8, 4) is 5.75 Å². The zero-order valence-electron chi connectivity index (χ0n) is 22.4. The van der Waals surface area contributed by atoms with Crippen molar-refractivity contribution in [1.82, 2.24) is 20.2 Å². The fraction of sp³-hybridized carbons (Fsp3) is 0.448. The van der Waals surface area contributed by atoms with Gasteiger partial charge in [-0.1, -0.05) is 12.1 Å². The number of piperidine rings is 1. The maximum Gasteiger partial charge on any atom is 0.240 e. The van der Waals surface area contributed by atoms with Gasteiger partial charge in [-0.3, -0.25) is 14.7 Å². The Morgan fingerprint density at radius 1 is 1.24 bits per heavy atom. The van der Waals surface area contributed by atoms with Crippen LogP contribution in [0, 0.1) is 0 Å². The standard InChI is InChI=1S/C29H39N7O2/c1-4-22(9-16-30-2)23-20-34-28(35-21-23)33-15-6-14-32-27(37)29(12-13-29)36-17-10-25(11-18-36)38-26-8-5-7-24(19-26)31-3/h4-5,7-9,16,19-21,25,31H,2,6,10-15,17-18H2,1,3H3,(H,32,37)(H,33,34,35)/b16-9-,22-4+. The van der Waals surface area contributed by atoms with Gasteiger partial charge in [-0.05, 0) is 69.5 Å². The number of aliphatic imine (C=N–C) groups is 1. The van der Waals surface area contributed by atoms with Crippen molar-refractivity contribution in [1.29, 1.82) is 0 Å². The van der Waals surface area contributed by atoms with E-state index in [0.29, 0.717) is 19.0 Å². The Bertz CT molecular complexity index is 1130. The SMILES string of the molecule is C=N/C=C\C(=C/C)c1cnc(NCCCNC(=O)C2(N3CCC(Oc4cccc(NC)c4)CC3)CC2)nc1. The van der Waals surface area contributed by atoms with Crippen LogP contribution in [0.1, 0.15) is 44.6 Å². The molecule has 38 heavy (non-hydrogen) atoms. The Hall–Kier alpha value is -3.72. The first-order chi connectivity index (χ1) is 18.6. The molecule has 0 bridgehead atoms. The number of anilines is 2. The van der Waals surface area contributed by atoms with Crippen molar-refractivity contribution in [2.24, 2.45) is 4.99 Å². The second-order valence-corrected chi connectivity index (χ2v) is 9.69. The third-order valence-corrected chi connectivity index (χ3v) is 7.20. The van der Waals surface area contributed by atoms with Gasteiger partial charge in [-0.2, -0.15) is 0 Å². The second kappa shape index (κ2) is 13.2. The number of hydrogen-bond donors (Lipinski definition) is 3. The van der Waals surface area contributed by atoms with Gasteiger partial charge in [-0.25, -0.2) is 9.97 Å². The summed E-state index contributed by atoms with van der Waals surface area (Å²) in [5.74, 6) is 1.62. The predicted molar refractivity (Wildman–Crippen MR) is 154 cm³/mol. The van der Waals surface area contributed by atoms with E-state index in [2.05, 4.69) is 42.5 Å². The quantitative estimate of drug-likeness (QED) is 0.209. The largest absolute Gasteiger partial charge is 0.490 e. The van der Waals surface area contributed by atoms with Gasteiger partial charge in [0.1, 0.15) is 17.4 Å². The molecule has 1 aromatic carbocycles. The number of hydrogen-bond acceptors (Lipinski definition) is 8. The van der Waals surface area contributed by atoms with Gasteiger partial charge in [0.25, 0.3) is 0 Å². The summed E-state index contributed by atoms with van der Waals surface area (Å²) in [6, 6.07) is 8.05. The number of carbonyl (C=O) groups is 1. The number of aromatic nitrogens is 2. The lowest BCUT2D eigenvalue weighted by Crippen LogP contribution is -2.53. The molecule has 202 valence electrons. The third-order valence-electron chi connectivity index (χ3n) is 7.20. The highest BCUT2D eigenvalue weighted by Gasteiger charge is 2.54.